The Hall–Kier alpha value is -0.930. The fraction of sp³-hybridized carbons (Fsp3) is 0.950. The molecule has 0 fully saturated rings. The van der Waals surface area contributed by atoms with Gasteiger partial charge in [-0.1, -0.05) is 86.0 Å². The molecule has 0 bridgehead atoms. The molecule has 0 aromatic heterocycles. The molecule has 0 N–H and O–H groups in total. The first-order valence-corrected chi connectivity index (χ1v) is 9.79. The standard InChI is InChI=1S/C20H38NO3/c1-16(2)9-6-10-17(3)11-7-12-18(4)13-8-14-19(5)20(15-22)21(23)24/h16-20H,6-14H2,1-5H3. The van der Waals surface area contributed by atoms with Gasteiger partial charge in [-0.15, -0.1) is 0 Å². The zero-order valence-electron chi connectivity index (χ0n) is 16.4. The van der Waals surface area contributed by atoms with Gasteiger partial charge in [0.25, 0.3) is 12.3 Å². The number of hydrogen-bond acceptors (Lipinski definition) is 3. The van der Waals surface area contributed by atoms with Crippen molar-refractivity contribution in [1.82, 2.24) is 0 Å². The summed E-state index contributed by atoms with van der Waals surface area (Å²) in [6.45, 7) is 11.0. The first kappa shape index (κ1) is 23.1. The van der Waals surface area contributed by atoms with Gasteiger partial charge < -0.3 is 0 Å². The van der Waals surface area contributed by atoms with Crippen LogP contribution in [0.15, 0.2) is 0 Å². The van der Waals surface area contributed by atoms with Gasteiger partial charge in [-0.05, 0) is 24.2 Å². The summed E-state index contributed by atoms with van der Waals surface area (Å²) in [5, 5.41) is 10.7. The van der Waals surface area contributed by atoms with Crippen LogP contribution in [0.4, 0.5) is 0 Å². The van der Waals surface area contributed by atoms with Crippen molar-refractivity contribution < 1.29 is 9.72 Å². The quantitative estimate of drug-likeness (QED) is 0.279. The lowest BCUT2D eigenvalue weighted by molar-refractivity contribution is -0.511. The molecule has 0 aromatic carbocycles. The molecule has 141 valence electrons. The van der Waals surface area contributed by atoms with Crippen molar-refractivity contribution in [2.75, 3.05) is 0 Å². The molecule has 24 heavy (non-hydrogen) atoms. The highest BCUT2D eigenvalue weighted by Crippen LogP contribution is 2.22. The predicted molar refractivity (Wildman–Crippen MR) is 100 cm³/mol. The molecule has 0 rings (SSSR count). The molecule has 0 saturated carbocycles. The highest BCUT2D eigenvalue weighted by Gasteiger charge is 2.27. The lowest BCUT2D eigenvalue weighted by Crippen LogP contribution is -2.28. The van der Waals surface area contributed by atoms with E-state index in [0.717, 1.165) is 31.1 Å². The van der Waals surface area contributed by atoms with Crippen molar-refractivity contribution in [2.45, 2.75) is 98.4 Å². The highest BCUT2D eigenvalue weighted by molar-refractivity contribution is 5.56. The lowest BCUT2D eigenvalue weighted by Gasteiger charge is -2.16. The number of nitro groups is 1. The van der Waals surface area contributed by atoms with E-state index in [1.165, 1.54) is 38.5 Å². The molecule has 0 aliphatic rings. The smallest absolute Gasteiger partial charge is 0.280 e. The molecule has 0 saturated heterocycles. The number of hydrogen-bond donors (Lipinski definition) is 0. The maximum Gasteiger partial charge on any atom is 0.280 e. The molecule has 0 heterocycles. The van der Waals surface area contributed by atoms with Crippen molar-refractivity contribution in [3.8, 4) is 0 Å². The summed E-state index contributed by atoms with van der Waals surface area (Å²) in [7, 11) is 0. The molecule has 4 nitrogen and oxygen atoms in total. The minimum Gasteiger partial charge on any atom is -0.283 e. The molecule has 0 aliphatic carbocycles. The van der Waals surface area contributed by atoms with Crippen molar-refractivity contribution >= 4 is 6.29 Å². The fourth-order valence-corrected chi connectivity index (χ4v) is 3.29. The normalized spacial score (nSPS) is 16.6. The maximum atomic E-state index is 10.7. The molecule has 0 aromatic rings. The summed E-state index contributed by atoms with van der Waals surface area (Å²) in [5.74, 6) is 2.08. The zero-order valence-corrected chi connectivity index (χ0v) is 16.4. The minimum absolute atomic E-state index is 0.217. The predicted octanol–water partition coefficient (Wildman–Crippen LogP) is 5.82. The topological polar surface area (TPSA) is 60.2 Å². The highest BCUT2D eigenvalue weighted by atomic mass is 16.6. The summed E-state index contributed by atoms with van der Waals surface area (Å²) in [6, 6.07) is -1.16. The maximum absolute atomic E-state index is 10.7. The fourth-order valence-electron chi connectivity index (χ4n) is 3.29. The van der Waals surface area contributed by atoms with Crippen LogP contribution in [0.3, 0.4) is 0 Å². The van der Waals surface area contributed by atoms with Gasteiger partial charge in [-0.2, -0.15) is 0 Å². The van der Waals surface area contributed by atoms with E-state index < -0.39 is 11.0 Å². The Kier molecular flexibility index (Phi) is 12.9. The Balaban J connectivity index is 3.74. The van der Waals surface area contributed by atoms with Gasteiger partial charge in [0.1, 0.15) is 0 Å². The van der Waals surface area contributed by atoms with Crippen LogP contribution >= 0.6 is 0 Å². The van der Waals surface area contributed by atoms with Gasteiger partial charge in [-0.25, -0.2) is 0 Å². The van der Waals surface area contributed by atoms with E-state index in [1.54, 1.807) is 13.2 Å². The Bertz CT molecular complexity index is 344. The molecule has 0 amide bonds. The third kappa shape index (κ3) is 11.6. The number of rotatable bonds is 15. The molecule has 0 aliphatic heterocycles. The van der Waals surface area contributed by atoms with Gasteiger partial charge in [0.05, 0.1) is 0 Å². The van der Waals surface area contributed by atoms with Crippen LogP contribution in [0.1, 0.15) is 92.4 Å². The van der Waals surface area contributed by atoms with Crippen molar-refractivity contribution in [2.24, 2.45) is 23.7 Å². The molecular formula is C20H38NO3. The van der Waals surface area contributed by atoms with Crippen molar-refractivity contribution in [1.29, 1.82) is 0 Å². The molecule has 0 spiro atoms. The van der Waals surface area contributed by atoms with Gasteiger partial charge in [-0.3, -0.25) is 14.9 Å². The van der Waals surface area contributed by atoms with E-state index in [2.05, 4.69) is 27.7 Å². The average molecular weight is 341 g/mol. The third-order valence-electron chi connectivity index (χ3n) is 5.12. The summed E-state index contributed by atoms with van der Waals surface area (Å²) >= 11 is 0. The van der Waals surface area contributed by atoms with E-state index in [4.69, 9.17) is 0 Å². The SMILES string of the molecule is CC(C)CCCC(C)CCCC(C)CCCC(C)C([C]=O)[N+](=O)[O-]. The number of carbonyl (C=O) groups excluding carboxylic acids is 1. The molecular weight excluding hydrogens is 302 g/mol. The van der Waals surface area contributed by atoms with Crippen LogP contribution in [-0.4, -0.2) is 17.3 Å². The summed E-state index contributed by atoms with van der Waals surface area (Å²) in [6.07, 6.45) is 12.2. The van der Waals surface area contributed by atoms with E-state index in [-0.39, 0.29) is 5.92 Å². The van der Waals surface area contributed by atoms with Gasteiger partial charge in [0.2, 0.25) is 0 Å². The van der Waals surface area contributed by atoms with E-state index in [0.29, 0.717) is 5.92 Å². The molecule has 4 heteroatoms. The largest absolute Gasteiger partial charge is 0.283 e. The third-order valence-corrected chi connectivity index (χ3v) is 5.12. The number of nitrogens with zero attached hydrogens (tertiary/aromatic N) is 1. The van der Waals surface area contributed by atoms with Gasteiger partial charge in [0, 0.05) is 10.8 Å². The van der Waals surface area contributed by atoms with E-state index in [1.807, 2.05) is 0 Å². The molecule has 4 atom stereocenters. The Labute approximate surface area is 148 Å². The van der Waals surface area contributed by atoms with Crippen LogP contribution in [0, 0.1) is 33.8 Å². The second kappa shape index (κ2) is 13.4. The van der Waals surface area contributed by atoms with Crippen LogP contribution < -0.4 is 0 Å². The Morgan fingerprint density at radius 1 is 0.792 bits per heavy atom. The van der Waals surface area contributed by atoms with Gasteiger partial charge in [0.15, 0.2) is 0 Å². The first-order chi connectivity index (χ1) is 11.3. The second-order valence-electron chi connectivity index (χ2n) is 8.22. The van der Waals surface area contributed by atoms with E-state index in [9.17, 15) is 14.9 Å². The van der Waals surface area contributed by atoms with Crippen LogP contribution in [-0.2, 0) is 4.79 Å². The van der Waals surface area contributed by atoms with Crippen LogP contribution in [0.25, 0.3) is 0 Å². The Morgan fingerprint density at radius 3 is 1.58 bits per heavy atom. The monoisotopic (exact) mass is 340 g/mol. The summed E-state index contributed by atoms with van der Waals surface area (Å²) in [5.41, 5.74) is 0. The minimum atomic E-state index is -1.16. The average Bonchev–Trinajstić information content (AvgIpc) is 2.47. The lowest BCUT2D eigenvalue weighted by atomic mass is 9.90. The van der Waals surface area contributed by atoms with E-state index >= 15 is 0 Å². The van der Waals surface area contributed by atoms with Crippen LogP contribution in [0.5, 0.6) is 0 Å². The zero-order chi connectivity index (χ0) is 18.5. The first-order valence-electron chi connectivity index (χ1n) is 9.79. The van der Waals surface area contributed by atoms with Crippen molar-refractivity contribution in [3.63, 3.8) is 0 Å². The van der Waals surface area contributed by atoms with Gasteiger partial charge >= 0.3 is 0 Å². The molecule has 1 radical (unpaired) electrons. The Morgan fingerprint density at radius 2 is 1.21 bits per heavy atom. The molecule has 4 unspecified atom stereocenters. The summed E-state index contributed by atoms with van der Waals surface area (Å²) < 4.78 is 0. The van der Waals surface area contributed by atoms with Crippen LogP contribution in [0.2, 0.25) is 0 Å². The second-order valence-corrected chi connectivity index (χ2v) is 8.22. The van der Waals surface area contributed by atoms with Crippen molar-refractivity contribution in [3.05, 3.63) is 10.1 Å². The summed E-state index contributed by atoms with van der Waals surface area (Å²) in [4.78, 5) is 20.9.